The van der Waals surface area contributed by atoms with Crippen molar-refractivity contribution in [2.45, 2.75) is 20.8 Å². The SMILES string of the molecule is Cc1ccccc1C(=O)Nc1c(C)nc(N2CCOCC2)nc1C. The molecular formula is C18H22N4O2. The minimum atomic E-state index is -0.137. The van der Waals surface area contributed by atoms with Gasteiger partial charge in [0.05, 0.1) is 30.3 Å². The molecule has 0 unspecified atom stereocenters. The summed E-state index contributed by atoms with van der Waals surface area (Å²) >= 11 is 0. The molecule has 1 aromatic heterocycles. The van der Waals surface area contributed by atoms with Gasteiger partial charge in [-0.05, 0) is 32.4 Å². The predicted octanol–water partition coefficient (Wildman–Crippen LogP) is 2.49. The van der Waals surface area contributed by atoms with Gasteiger partial charge in [0.25, 0.3) is 5.91 Å². The average Bonchev–Trinajstić information content (AvgIpc) is 2.59. The quantitative estimate of drug-likeness (QED) is 0.938. The third kappa shape index (κ3) is 3.38. The van der Waals surface area contributed by atoms with Gasteiger partial charge in [0.15, 0.2) is 0 Å². The molecule has 1 saturated heterocycles. The lowest BCUT2D eigenvalue weighted by Gasteiger charge is -2.27. The molecule has 0 atom stereocenters. The van der Waals surface area contributed by atoms with Crippen LogP contribution in [-0.2, 0) is 4.74 Å². The van der Waals surface area contributed by atoms with Gasteiger partial charge in [0, 0.05) is 18.7 Å². The van der Waals surface area contributed by atoms with Crippen LogP contribution in [0.4, 0.5) is 11.6 Å². The number of amides is 1. The standard InChI is InChI=1S/C18H22N4O2/c1-12-6-4-5-7-15(12)17(23)21-16-13(2)19-18(20-14(16)3)22-8-10-24-11-9-22/h4-7H,8-11H2,1-3H3,(H,21,23). The topological polar surface area (TPSA) is 67.4 Å². The van der Waals surface area contributed by atoms with Gasteiger partial charge >= 0.3 is 0 Å². The number of aryl methyl sites for hydroxylation is 3. The Kier molecular flexibility index (Phi) is 4.76. The van der Waals surface area contributed by atoms with Crippen LogP contribution in [0.25, 0.3) is 0 Å². The van der Waals surface area contributed by atoms with Gasteiger partial charge in [0.2, 0.25) is 5.95 Å². The maximum Gasteiger partial charge on any atom is 0.256 e. The van der Waals surface area contributed by atoms with Crippen molar-refractivity contribution in [1.29, 1.82) is 0 Å². The molecule has 1 aliphatic rings. The average molecular weight is 326 g/mol. The molecular weight excluding hydrogens is 304 g/mol. The Morgan fingerprint density at radius 1 is 1.08 bits per heavy atom. The minimum absolute atomic E-state index is 0.137. The number of benzene rings is 1. The van der Waals surface area contributed by atoms with E-state index in [0.717, 1.165) is 30.0 Å². The van der Waals surface area contributed by atoms with Crippen molar-refractivity contribution in [2.24, 2.45) is 0 Å². The van der Waals surface area contributed by atoms with Crippen LogP contribution in [0, 0.1) is 20.8 Å². The molecule has 24 heavy (non-hydrogen) atoms. The Morgan fingerprint density at radius 2 is 1.71 bits per heavy atom. The highest BCUT2D eigenvalue weighted by Gasteiger charge is 2.18. The Bertz CT molecular complexity index is 731. The van der Waals surface area contributed by atoms with Gasteiger partial charge in [-0.25, -0.2) is 9.97 Å². The second-order valence-corrected chi connectivity index (χ2v) is 5.94. The predicted molar refractivity (Wildman–Crippen MR) is 93.7 cm³/mol. The smallest absolute Gasteiger partial charge is 0.256 e. The van der Waals surface area contributed by atoms with Crippen LogP contribution in [0.2, 0.25) is 0 Å². The third-order valence-electron chi connectivity index (χ3n) is 4.18. The number of aromatic nitrogens is 2. The second kappa shape index (κ2) is 6.97. The summed E-state index contributed by atoms with van der Waals surface area (Å²) in [4.78, 5) is 23.8. The molecule has 2 aromatic rings. The van der Waals surface area contributed by atoms with Crippen LogP contribution >= 0.6 is 0 Å². The Balaban J connectivity index is 1.83. The molecule has 1 N–H and O–H groups in total. The molecule has 1 fully saturated rings. The third-order valence-corrected chi connectivity index (χ3v) is 4.18. The lowest BCUT2D eigenvalue weighted by molar-refractivity contribution is 0.102. The number of hydrogen-bond donors (Lipinski definition) is 1. The summed E-state index contributed by atoms with van der Waals surface area (Å²) in [5, 5.41) is 2.96. The van der Waals surface area contributed by atoms with Crippen molar-refractivity contribution in [3.63, 3.8) is 0 Å². The minimum Gasteiger partial charge on any atom is -0.378 e. The fourth-order valence-corrected chi connectivity index (χ4v) is 2.79. The number of ether oxygens (including phenoxy) is 1. The highest BCUT2D eigenvalue weighted by atomic mass is 16.5. The fourth-order valence-electron chi connectivity index (χ4n) is 2.79. The van der Waals surface area contributed by atoms with E-state index in [1.54, 1.807) is 0 Å². The summed E-state index contributed by atoms with van der Waals surface area (Å²) in [5.74, 6) is 0.559. The van der Waals surface area contributed by atoms with E-state index in [-0.39, 0.29) is 5.91 Å². The molecule has 0 bridgehead atoms. The van der Waals surface area contributed by atoms with Gasteiger partial charge < -0.3 is 15.0 Å². The van der Waals surface area contributed by atoms with Gasteiger partial charge in [-0.2, -0.15) is 0 Å². The van der Waals surface area contributed by atoms with E-state index in [4.69, 9.17) is 4.74 Å². The molecule has 0 spiro atoms. The molecule has 0 aliphatic carbocycles. The number of anilines is 2. The van der Waals surface area contributed by atoms with Crippen molar-refractivity contribution < 1.29 is 9.53 Å². The monoisotopic (exact) mass is 326 g/mol. The van der Waals surface area contributed by atoms with E-state index in [0.29, 0.717) is 30.4 Å². The molecule has 1 amide bonds. The molecule has 0 saturated carbocycles. The summed E-state index contributed by atoms with van der Waals surface area (Å²) in [6.45, 7) is 8.66. The number of hydrogen-bond acceptors (Lipinski definition) is 5. The summed E-state index contributed by atoms with van der Waals surface area (Å²) in [6, 6.07) is 7.52. The zero-order valence-electron chi connectivity index (χ0n) is 14.3. The van der Waals surface area contributed by atoms with Crippen molar-refractivity contribution in [3.05, 3.63) is 46.8 Å². The van der Waals surface area contributed by atoms with E-state index in [9.17, 15) is 4.79 Å². The molecule has 1 aromatic carbocycles. The van der Waals surface area contributed by atoms with Crippen molar-refractivity contribution in [3.8, 4) is 0 Å². The number of carbonyl (C=O) groups excluding carboxylic acids is 1. The lowest BCUT2D eigenvalue weighted by atomic mass is 10.1. The molecule has 126 valence electrons. The van der Waals surface area contributed by atoms with E-state index in [1.165, 1.54) is 0 Å². The molecule has 0 radical (unpaired) electrons. The summed E-state index contributed by atoms with van der Waals surface area (Å²) in [5.41, 5.74) is 3.82. The maximum absolute atomic E-state index is 12.5. The number of carbonyl (C=O) groups is 1. The maximum atomic E-state index is 12.5. The van der Waals surface area contributed by atoms with Crippen LogP contribution < -0.4 is 10.2 Å². The van der Waals surface area contributed by atoms with Crippen LogP contribution in [0.3, 0.4) is 0 Å². The summed E-state index contributed by atoms with van der Waals surface area (Å²) in [6.07, 6.45) is 0. The molecule has 2 heterocycles. The molecule has 3 rings (SSSR count). The zero-order valence-corrected chi connectivity index (χ0v) is 14.3. The van der Waals surface area contributed by atoms with Crippen molar-refractivity contribution in [1.82, 2.24) is 9.97 Å². The number of nitrogens with zero attached hydrogens (tertiary/aromatic N) is 3. The van der Waals surface area contributed by atoms with E-state index < -0.39 is 0 Å². The molecule has 6 heteroatoms. The van der Waals surface area contributed by atoms with Gasteiger partial charge in [0.1, 0.15) is 0 Å². The first-order chi connectivity index (χ1) is 11.6. The largest absolute Gasteiger partial charge is 0.378 e. The molecule has 6 nitrogen and oxygen atoms in total. The molecule has 1 aliphatic heterocycles. The Labute approximate surface area is 141 Å². The van der Waals surface area contributed by atoms with Crippen LogP contribution in [0.1, 0.15) is 27.3 Å². The van der Waals surface area contributed by atoms with Crippen LogP contribution in [0.5, 0.6) is 0 Å². The second-order valence-electron chi connectivity index (χ2n) is 5.94. The summed E-state index contributed by atoms with van der Waals surface area (Å²) < 4.78 is 5.36. The number of nitrogens with one attached hydrogen (secondary N) is 1. The fraction of sp³-hybridized carbons (Fsp3) is 0.389. The highest BCUT2D eigenvalue weighted by Crippen LogP contribution is 2.22. The van der Waals surface area contributed by atoms with Crippen LogP contribution in [0.15, 0.2) is 24.3 Å². The Morgan fingerprint density at radius 3 is 2.33 bits per heavy atom. The van der Waals surface area contributed by atoms with Crippen molar-refractivity contribution in [2.75, 3.05) is 36.5 Å². The lowest BCUT2D eigenvalue weighted by Crippen LogP contribution is -2.37. The van der Waals surface area contributed by atoms with Gasteiger partial charge in [-0.15, -0.1) is 0 Å². The Hall–Kier alpha value is -2.47. The first kappa shape index (κ1) is 16.4. The van der Waals surface area contributed by atoms with Crippen molar-refractivity contribution >= 4 is 17.5 Å². The van der Waals surface area contributed by atoms with E-state index in [1.807, 2.05) is 45.0 Å². The highest BCUT2D eigenvalue weighted by molar-refractivity contribution is 6.05. The normalized spacial score (nSPS) is 14.5. The van der Waals surface area contributed by atoms with Crippen LogP contribution in [-0.4, -0.2) is 42.2 Å². The first-order valence-corrected chi connectivity index (χ1v) is 8.11. The first-order valence-electron chi connectivity index (χ1n) is 8.11. The zero-order chi connectivity index (χ0) is 17.1. The van der Waals surface area contributed by atoms with Gasteiger partial charge in [-0.3, -0.25) is 4.79 Å². The van der Waals surface area contributed by atoms with E-state index >= 15 is 0 Å². The number of rotatable bonds is 3. The number of morpholine rings is 1. The van der Waals surface area contributed by atoms with Gasteiger partial charge in [-0.1, -0.05) is 18.2 Å². The summed E-state index contributed by atoms with van der Waals surface area (Å²) in [7, 11) is 0. The van der Waals surface area contributed by atoms with E-state index in [2.05, 4.69) is 20.2 Å².